The number of piperidine rings is 1. The summed E-state index contributed by atoms with van der Waals surface area (Å²) < 4.78 is 25.4. The van der Waals surface area contributed by atoms with Gasteiger partial charge in [-0.15, -0.1) is 0 Å². The van der Waals surface area contributed by atoms with Gasteiger partial charge in [0.05, 0.1) is 11.7 Å². The molecule has 0 aromatic heterocycles. The van der Waals surface area contributed by atoms with Gasteiger partial charge in [-0.3, -0.25) is 4.79 Å². The Morgan fingerprint density at radius 1 is 1.25 bits per heavy atom. The number of fused-ring (bicyclic) bond motifs is 1. The normalized spacial score (nSPS) is 32.1. The van der Waals surface area contributed by atoms with Gasteiger partial charge in [-0.25, -0.2) is 8.42 Å². The molecular formula is C17H31N3O3S. The fourth-order valence-electron chi connectivity index (χ4n) is 5.10. The average molecular weight is 358 g/mol. The van der Waals surface area contributed by atoms with Crippen molar-refractivity contribution >= 4 is 15.9 Å². The Morgan fingerprint density at radius 3 is 2.58 bits per heavy atom. The van der Waals surface area contributed by atoms with Crippen LogP contribution >= 0.6 is 0 Å². The number of carbonyl (C=O) groups excluding carboxylic acids is 1. The molecule has 0 spiro atoms. The molecule has 0 bridgehead atoms. The first-order valence-electron chi connectivity index (χ1n) is 9.35. The highest BCUT2D eigenvalue weighted by atomic mass is 32.2. The summed E-state index contributed by atoms with van der Waals surface area (Å²) in [6.07, 6.45) is 7.34. The molecule has 1 aliphatic carbocycles. The molecule has 3 aliphatic rings. The summed E-state index contributed by atoms with van der Waals surface area (Å²) in [5, 5.41) is 3.45. The number of carbonyl (C=O) groups is 1. The van der Waals surface area contributed by atoms with Crippen LogP contribution in [0.2, 0.25) is 0 Å². The van der Waals surface area contributed by atoms with E-state index in [1.807, 2.05) is 11.8 Å². The molecule has 1 N–H and O–H groups in total. The van der Waals surface area contributed by atoms with Crippen molar-refractivity contribution in [2.75, 3.05) is 39.0 Å². The van der Waals surface area contributed by atoms with E-state index in [2.05, 4.69) is 5.32 Å². The van der Waals surface area contributed by atoms with Crippen molar-refractivity contribution in [2.45, 2.75) is 51.5 Å². The van der Waals surface area contributed by atoms with Gasteiger partial charge in [-0.2, -0.15) is 4.31 Å². The number of amides is 1. The second-order valence-electron chi connectivity index (χ2n) is 7.72. The number of rotatable bonds is 4. The van der Waals surface area contributed by atoms with Crippen molar-refractivity contribution in [2.24, 2.45) is 11.3 Å². The Labute approximate surface area is 146 Å². The van der Waals surface area contributed by atoms with Crippen LogP contribution in [0.1, 0.15) is 45.4 Å². The molecule has 7 heteroatoms. The number of nitrogens with one attached hydrogen (secondary N) is 1. The van der Waals surface area contributed by atoms with Gasteiger partial charge >= 0.3 is 0 Å². The van der Waals surface area contributed by atoms with E-state index in [1.54, 1.807) is 4.31 Å². The number of sulfonamides is 1. The smallest absolute Gasteiger partial charge is 0.230 e. The van der Waals surface area contributed by atoms with E-state index in [0.29, 0.717) is 31.5 Å². The van der Waals surface area contributed by atoms with Crippen LogP contribution in [0.4, 0.5) is 0 Å². The molecule has 0 aromatic rings. The predicted molar refractivity (Wildman–Crippen MR) is 94.1 cm³/mol. The van der Waals surface area contributed by atoms with Gasteiger partial charge in [0.1, 0.15) is 0 Å². The zero-order valence-corrected chi connectivity index (χ0v) is 15.8. The van der Waals surface area contributed by atoms with Gasteiger partial charge in [0.2, 0.25) is 15.9 Å². The number of hydrogen-bond donors (Lipinski definition) is 1. The first-order chi connectivity index (χ1) is 11.4. The molecule has 2 aliphatic heterocycles. The van der Waals surface area contributed by atoms with Gasteiger partial charge in [0.25, 0.3) is 0 Å². The van der Waals surface area contributed by atoms with Crippen LogP contribution in [-0.4, -0.2) is 68.6 Å². The molecule has 24 heavy (non-hydrogen) atoms. The van der Waals surface area contributed by atoms with Crippen molar-refractivity contribution in [3.63, 3.8) is 0 Å². The summed E-state index contributed by atoms with van der Waals surface area (Å²) in [5.41, 5.74) is -0.188. The summed E-state index contributed by atoms with van der Waals surface area (Å²) in [7, 11) is -3.17. The molecule has 0 aromatic carbocycles. The van der Waals surface area contributed by atoms with Crippen molar-refractivity contribution in [1.82, 2.24) is 14.5 Å². The molecule has 3 fully saturated rings. The van der Waals surface area contributed by atoms with Crippen molar-refractivity contribution in [3.05, 3.63) is 0 Å². The minimum Gasteiger partial charge on any atom is -0.342 e. The lowest BCUT2D eigenvalue weighted by Gasteiger charge is -2.44. The van der Waals surface area contributed by atoms with E-state index < -0.39 is 10.0 Å². The van der Waals surface area contributed by atoms with Crippen LogP contribution in [0, 0.1) is 11.3 Å². The van der Waals surface area contributed by atoms with E-state index in [1.165, 1.54) is 12.7 Å². The molecule has 2 saturated heterocycles. The van der Waals surface area contributed by atoms with Crippen LogP contribution in [0.15, 0.2) is 0 Å². The minimum absolute atomic E-state index is 0.0374. The molecule has 1 amide bonds. The Balaban J connectivity index is 1.65. The van der Waals surface area contributed by atoms with Gasteiger partial charge in [-0.05, 0) is 38.1 Å². The quantitative estimate of drug-likeness (QED) is 0.816. The number of likely N-dealkylation sites (tertiary alicyclic amines) is 1. The molecule has 0 unspecified atom stereocenters. The van der Waals surface area contributed by atoms with Crippen molar-refractivity contribution < 1.29 is 13.2 Å². The summed E-state index contributed by atoms with van der Waals surface area (Å²) >= 11 is 0. The molecule has 1 saturated carbocycles. The van der Waals surface area contributed by atoms with Gasteiger partial charge in [0.15, 0.2) is 0 Å². The summed E-state index contributed by atoms with van der Waals surface area (Å²) in [5.74, 6) is 0.803. The molecule has 0 radical (unpaired) electrons. The summed E-state index contributed by atoms with van der Waals surface area (Å²) in [6, 6.07) is 0.0374. The van der Waals surface area contributed by atoms with E-state index in [9.17, 15) is 13.2 Å². The third-order valence-corrected chi connectivity index (χ3v) is 7.77. The molecule has 6 nitrogen and oxygen atoms in total. The monoisotopic (exact) mass is 357 g/mol. The Morgan fingerprint density at radius 2 is 1.96 bits per heavy atom. The predicted octanol–water partition coefficient (Wildman–Crippen LogP) is 1.04. The maximum atomic E-state index is 13.3. The maximum absolute atomic E-state index is 13.3. The molecular weight excluding hydrogens is 326 g/mol. The first-order valence-corrected chi connectivity index (χ1v) is 11.2. The zero-order valence-electron chi connectivity index (χ0n) is 15.0. The van der Waals surface area contributed by atoms with Crippen LogP contribution < -0.4 is 5.32 Å². The van der Waals surface area contributed by atoms with E-state index in [0.717, 1.165) is 45.2 Å². The number of hydrogen-bond acceptors (Lipinski definition) is 4. The second kappa shape index (κ2) is 6.92. The largest absolute Gasteiger partial charge is 0.342 e. The first kappa shape index (κ1) is 18.1. The molecule has 3 rings (SSSR count). The highest BCUT2D eigenvalue weighted by Crippen LogP contribution is 2.45. The van der Waals surface area contributed by atoms with Crippen LogP contribution in [0.25, 0.3) is 0 Å². The molecule has 2 atom stereocenters. The van der Waals surface area contributed by atoms with Crippen molar-refractivity contribution in [3.8, 4) is 0 Å². The third-order valence-electron chi connectivity index (χ3n) is 6.36. The van der Waals surface area contributed by atoms with Gasteiger partial charge in [0, 0.05) is 32.2 Å². The second-order valence-corrected chi connectivity index (χ2v) is 9.65. The Kier molecular flexibility index (Phi) is 5.23. The van der Waals surface area contributed by atoms with Gasteiger partial charge < -0.3 is 10.2 Å². The van der Waals surface area contributed by atoms with Crippen LogP contribution in [0.5, 0.6) is 0 Å². The van der Waals surface area contributed by atoms with E-state index in [-0.39, 0.29) is 11.5 Å². The van der Waals surface area contributed by atoms with E-state index in [4.69, 9.17) is 0 Å². The summed E-state index contributed by atoms with van der Waals surface area (Å²) in [4.78, 5) is 15.3. The molecule has 138 valence electrons. The van der Waals surface area contributed by atoms with Gasteiger partial charge in [-0.1, -0.05) is 19.8 Å². The van der Waals surface area contributed by atoms with Crippen LogP contribution in [0.3, 0.4) is 0 Å². The zero-order chi connectivity index (χ0) is 17.4. The topological polar surface area (TPSA) is 69.7 Å². The Hall–Kier alpha value is -0.660. The SMILES string of the molecule is CCN(C1CCN(C(=O)[C@@]23CCCC[C@H]2CNC3)CC1)S(C)(=O)=O. The van der Waals surface area contributed by atoms with Crippen molar-refractivity contribution in [1.29, 1.82) is 0 Å². The maximum Gasteiger partial charge on any atom is 0.230 e. The average Bonchev–Trinajstić information content (AvgIpc) is 2.99. The lowest BCUT2D eigenvalue weighted by Crippen LogP contribution is -2.54. The lowest BCUT2D eigenvalue weighted by atomic mass is 9.67. The van der Waals surface area contributed by atoms with Crippen LogP contribution in [-0.2, 0) is 14.8 Å². The van der Waals surface area contributed by atoms with E-state index >= 15 is 0 Å². The fourth-order valence-corrected chi connectivity index (χ4v) is 6.33. The fraction of sp³-hybridized carbons (Fsp3) is 0.941. The lowest BCUT2D eigenvalue weighted by molar-refractivity contribution is -0.146. The highest BCUT2D eigenvalue weighted by Gasteiger charge is 2.51. The Bertz CT molecular complexity index is 572. The minimum atomic E-state index is -3.17. The standard InChI is InChI=1S/C17H31N3O3S/c1-3-20(24(2,22)23)15-7-10-19(11-8-15)16(21)17-9-5-4-6-14(17)12-18-13-17/h14-15,18H,3-13H2,1-2H3/t14-,17+/m0/s1. The summed E-state index contributed by atoms with van der Waals surface area (Å²) in [6.45, 7) is 5.55. The molecule has 2 heterocycles. The highest BCUT2D eigenvalue weighted by molar-refractivity contribution is 7.88. The third kappa shape index (κ3) is 3.22. The number of nitrogens with zero attached hydrogens (tertiary/aromatic N) is 2.